The van der Waals surface area contributed by atoms with Gasteiger partial charge in [0.2, 0.25) is 5.91 Å². The number of amides is 1. The molecule has 1 saturated heterocycles. The molecule has 1 fully saturated rings. The molecule has 2 aliphatic rings. The van der Waals surface area contributed by atoms with E-state index in [1.165, 1.54) is 5.56 Å². The summed E-state index contributed by atoms with van der Waals surface area (Å²) >= 11 is 0. The number of fused-ring (bicyclic) bond motifs is 1. The normalized spacial score (nSPS) is 19.1. The highest BCUT2D eigenvalue weighted by atomic mass is 16.6. The van der Waals surface area contributed by atoms with E-state index >= 15 is 0 Å². The molecule has 0 unspecified atom stereocenters. The lowest BCUT2D eigenvalue weighted by Crippen LogP contribution is -2.29. The third kappa shape index (κ3) is 3.45. The van der Waals surface area contributed by atoms with Crippen molar-refractivity contribution in [2.45, 2.75) is 25.8 Å². The van der Waals surface area contributed by atoms with Crippen molar-refractivity contribution >= 4 is 12.0 Å². The van der Waals surface area contributed by atoms with Crippen molar-refractivity contribution in [3.63, 3.8) is 0 Å². The van der Waals surface area contributed by atoms with Crippen LogP contribution in [0.2, 0.25) is 0 Å². The average Bonchev–Trinajstić information content (AvgIpc) is 3.16. The molecule has 26 heavy (non-hydrogen) atoms. The van der Waals surface area contributed by atoms with Crippen LogP contribution >= 0.6 is 0 Å². The summed E-state index contributed by atoms with van der Waals surface area (Å²) in [6.07, 6.45) is 5.58. The van der Waals surface area contributed by atoms with E-state index in [9.17, 15) is 4.79 Å². The highest BCUT2D eigenvalue weighted by Crippen LogP contribution is 2.38. The summed E-state index contributed by atoms with van der Waals surface area (Å²) in [5.41, 5.74) is 3.35. The van der Waals surface area contributed by atoms with Gasteiger partial charge in [-0.2, -0.15) is 0 Å². The van der Waals surface area contributed by atoms with Crippen LogP contribution in [0.1, 0.15) is 35.6 Å². The number of nitrogens with zero attached hydrogens (tertiary/aromatic N) is 1. The molecule has 4 heteroatoms. The highest BCUT2D eigenvalue weighted by Gasteiger charge is 2.29. The van der Waals surface area contributed by atoms with Gasteiger partial charge < -0.3 is 14.4 Å². The number of hydrogen-bond acceptors (Lipinski definition) is 3. The minimum Gasteiger partial charge on any atom is -0.486 e. The fourth-order valence-corrected chi connectivity index (χ4v) is 3.68. The smallest absolute Gasteiger partial charge is 0.247 e. The van der Waals surface area contributed by atoms with Crippen molar-refractivity contribution < 1.29 is 14.3 Å². The van der Waals surface area contributed by atoms with Crippen LogP contribution in [0.4, 0.5) is 0 Å². The third-order valence-electron chi connectivity index (χ3n) is 4.95. The Labute approximate surface area is 154 Å². The summed E-state index contributed by atoms with van der Waals surface area (Å²) in [5.74, 6) is 1.63. The number of carbonyl (C=O) groups excluding carboxylic acids is 1. The maximum absolute atomic E-state index is 12.8. The molecular weight excluding hydrogens is 326 g/mol. The number of benzene rings is 2. The third-order valence-corrected chi connectivity index (χ3v) is 4.95. The van der Waals surface area contributed by atoms with Gasteiger partial charge in [0.25, 0.3) is 0 Å². The topological polar surface area (TPSA) is 38.8 Å². The highest BCUT2D eigenvalue weighted by molar-refractivity contribution is 5.92. The molecule has 134 valence electrons. The zero-order valence-electron chi connectivity index (χ0n) is 15.0. The second-order valence-electron chi connectivity index (χ2n) is 6.84. The van der Waals surface area contributed by atoms with E-state index in [1.54, 1.807) is 6.08 Å². The lowest BCUT2D eigenvalue weighted by molar-refractivity contribution is -0.126. The van der Waals surface area contributed by atoms with Gasteiger partial charge >= 0.3 is 0 Å². The largest absolute Gasteiger partial charge is 0.486 e. The van der Waals surface area contributed by atoms with Crippen molar-refractivity contribution in [1.29, 1.82) is 0 Å². The Hall–Kier alpha value is -2.75. The van der Waals surface area contributed by atoms with Crippen LogP contribution in [0.3, 0.4) is 0 Å². The van der Waals surface area contributed by atoms with Crippen LogP contribution in [0.25, 0.3) is 6.08 Å². The second-order valence-corrected chi connectivity index (χ2v) is 6.84. The maximum atomic E-state index is 12.8. The van der Waals surface area contributed by atoms with Crippen LogP contribution in [0.15, 0.2) is 48.5 Å². The zero-order valence-corrected chi connectivity index (χ0v) is 15.0. The molecule has 0 bridgehead atoms. The molecule has 4 rings (SSSR count). The second kappa shape index (κ2) is 7.24. The van der Waals surface area contributed by atoms with Gasteiger partial charge in [0, 0.05) is 12.6 Å². The van der Waals surface area contributed by atoms with Crippen molar-refractivity contribution in [3.8, 4) is 11.5 Å². The van der Waals surface area contributed by atoms with E-state index in [-0.39, 0.29) is 11.9 Å². The summed E-state index contributed by atoms with van der Waals surface area (Å²) in [5, 5.41) is 0. The molecule has 1 amide bonds. The Bertz CT molecular complexity index is 843. The monoisotopic (exact) mass is 349 g/mol. The van der Waals surface area contributed by atoms with Crippen LogP contribution < -0.4 is 9.47 Å². The van der Waals surface area contributed by atoms with Crippen molar-refractivity contribution in [1.82, 2.24) is 4.90 Å². The van der Waals surface area contributed by atoms with E-state index < -0.39 is 0 Å². The first-order chi connectivity index (χ1) is 12.7. The maximum Gasteiger partial charge on any atom is 0.247 e. The number of carbonyl (C=O) groups is 1. The van der Waals surface area contributed by atoms with E-state index in [1.807, 2.05) is 41.3 Å². The van der Waals surface area contributed by atoms with Gasteiger partial charge in [0.15, 0.2) is 11.5 Å². The minimum absolute atomic E-state index is 0.0592. The summed E-state index contributed by atoms with van der Waals surface area (Å²) in [6.45, 7) is 4.00. The van der Waals surface area contributed by atoms with E-state index in [2.05, 4.69) is 19.1 Å². The van der Waals surface area contributed by atoms with Gasteiger partial charge in [-0.3, -0.25) is 4.79 Å². The lowest BCUT2D eigenvalue weighted by atomic mass is 10.0. The molecule has 2 aromatic carbocycles. The van der Waals surface area contributed by atoms with Gasteiger partial charge in [-0.1, -0.05) is 35.9 Å². The van der Waals surface area contributed by atoms with Crippen LogP contribution in [0, 0.1) is 6.92 Å². The predicted octanol–water partition coefficient (Wildman–Crippen LogP) is 4.14. The number of rotatable bonds is 3. The Morgan fingerprint density at radius 2 is 1.96 bits per heavy atom. The zero-order chi connectivity index (χ0) is 17.9. The van der Waals surface area contributed by atoms with Gasteiger partial charge in [-0.25, -0.2) is 0 Å². The summed E-state index contributed by atoms with van der Waals surface area (Å²) in [6, 6.07) is 14.3. The lowest BCUT2D eigenvalue weighted by Gasteiger charge is -2.26. The van der Waals surface area contributed by atoms with Gasteiger partial charge in [0.1, 0.15) is 13.2 Å². The molecule has 2 aromatic rings. The molecule has 0 N–H and O–H groups in total. The van der Waals surface area contributed by atoms with Crippen LogP contribution in [-0.2, 0) is 4.79 Å². The number of hydrogen-bond donors (Lipinski definition) is 0. The molecule has 2 heterocycles. The minimum atomic E-state index is 0.0592. The van der Waals surface area contributed by atoms with Crippen molar-refractivity contribution in [3.05, 3.63) is 65.2 Å². The summed E-state index contributed by atoms with van der Waals surface area (Å²) in [7, 11) is 0. The van der Waals surface area contributed by atoms with Crippen molar-refractivity contribution in [2.75, 3.05) is 19.8 Å². The first kappa shape index (κ1) is 16.7. The van der Waals surface area contributed by atoms with E-state index in [4.69, 9.17) is 9.47 Å². The molecule has 0 saturated carbocycles. The molecule has 0 aliphatic carbocycles. The molecule has 0 aromatic heterocycles. The summed E-state index contributed by atoms with van der Waals surface area (Å²) in [4.78, 5) is 14.7. The Balaban J connectivity index is 1.52. The molecule has 0 radical (unpaired) electrons. The van der Waals surface area contributed by atoms with E-state index in [0.29, 0.717) is 13.2 Å². The molecule has 0 spiro atoms. The molecular formula is C22H23NO3. The van der Waals surface area contributed by atoms with Crippen LogP contribution in [0.5, 0.6) is 11.5 Å². The fourth-order valence-electron chi connectivity index (χ4n) is 3.68. The number of likely N-dealkylation sites (tertiary alicyclic amines) is 1. The van der Waals surface area contributed by atoms with Crippen LogP contribution in [-0.4, -0.2) is 30.6 Å². The van der Waals surface area contributed by atoms with Gasteiger partial charge in [-0.05, 0) is 49.1 Å². The molecule has 1 atom stereocenters. The van der Waals surface area contributed by atoms with E-state index in [0.717, 1.165) is 42.0 Å². The number of ether oxygens (including phenoxy) is 2. The number of aryl methyl sites for hydroxylation is 1. The van der Waals surface area contributed by atoms with Crippen molar-refractivity contribution in [2.24, 2.45) is 0 Å². The van der Waals surface area contributed by atoms with Gasteiger partial charge in [0.05, 0.1) is 6.04 Å². The predicted molar refractivity (Wildman–Crippen MR) is 101 cm³/mol. The SMILES string of the molecule is Cc1cccc(/C=C/C(=O)N2CCC[C@H]2c2ccc3c(c2)OCCO3)c1. The first-order valence-corrected chi connectivity index (χ1v) is 9.15. The molecule has 2 aliphatic heterocycles. The Morgan fingerprint density at radius 1 is 1.12 bits per heavy atom. The van der Waals surface area contributed by atoms with Gasteiger partial charge in [-0.15, -0.1) is 0 Å². The fraction of sp³-hybridized carbons (Fsp3) is 0.318. The standard InChI is InChI=1S/C22H23NO3/c1-16-4-2-5-17(14-16)7-10-22(24)23-11-3-6-19(23)18-8-9-20-21(15-18)26-13-12-25-20/h2,4-5,7-10,14-15,19H,3,6,11-13H2,1H3/b10-7+/t19-/m0/s1. The average molecular weight is 349 g/mol. The molecule has 4 nitrogen and oxygen atoms in total. The quantitative estimate of drug-likeness (QED) is 0.782. The Kier molecular flexibility index (Phi) is 4.65. The first-order valence-electron chi connectivity index (χ1n) is 9.15. The Morgan fingerprint density at radius 3 is 2.81 bits per heavy atom. The summed E-state index contributed by atoms with van der Waals surface area (Å²) < 4.78 is 11.3.